The number of pyridine rings is 1. The lowest BCUT2D eigenvalue weighted by molar-refractivity contribution is 0.512. The number of aryl methyl sites for hydroxylation is 1. The van der Waals surface area contributed by atoms with Gasteiger partial charge in [-0.15, -0.1) is 0 Å². The molecule has 0 saturated carbocycles. The maximum Gasteiger partial charge on any atom is 0.123 e. The van der Waals surface area contributed by atoms with Crippen molar-refractivity contribution in [2.75, 3.05) is 0 Å². The quantitative estimate of drug-likeness (QED) is 0.883. The summed E-state index contributed by atoms with van der Waals surface area (Å²) >= 11 is 0. The summed E-state index contributed by atoms with van der Waals surface area (Å²) in [6, 6.07) is 10.9. The summed E-state index contributed by atoms with van der Waals surface area (Å²) in [6.07, 6.45) is 2.76. The minimum atomic E-state index is -0.195. The van der Waals surface area contributed by atoms with Crippen molar-refractivity contribution in [1.29, 1.82) is 0 Å². The second-order valence-corrected chi connectivity index (χ2v) is 4.66. The fourth-order valence-electron chi connectivity index (χ4n) is 2.12. The van der Waals surface area contributed by atoms with Crippen molar-refractivity contribution in [2.24, 2.45) is 0 Å². The molecule has 1 N–H and O–H groups in total. The fraction of sp³-hybridized carbons (Fsp3) is 0.312. The number of hydrogen-bond donors (Lipinski definition) is 1. The van der Waals surface area contributed by atoms with Gasteiger partial charge in [0.1, 0.15) is 5.82 Å². The number of nitrogens with one attached hydrogen (secondary N) is 1. The van der Waals surface area contributed by atoms with Crippen molar-refractivity contribution in [3.8, 4) is 0 Å². The highest BCUT2D eigenvalue weighted by molar-refractivity contribution is 5.21. The van der Waals surface area contributed by atoms with Gasteiger partial charge in [-0.3, -0.25) is 4.98 Å². The fourth-order valence-corrected chi connectivity index (χ4v) is 2.12. The van der Waals surface area contributed by atoms with E-state index in [-0.39, 0.29) is 11.9 Å². The van der Waals surface area contributed by atoms with Crippen LogP contribution in [0.2, 0.25) is 0 Å². The van der Waals surface area contributed by atoms with E-state index >= 15 is 0 Å². The summed E-state index contributed by atoms with van der Waals surface area (Å²) in [5.74, 6) is -0.195. The molecule has 1 aromatic heterocycles. The third-order valence-corrected chi connectivity index (χ3v) is 3.31. The van der Waals surface area contributed by atoms with Gasteiger partial charge in [0.2, 0.25) is 0 Å². The molecule has 0 bridgehead atoms. The van der Waals surface area contributed by atoms with Crippen molar-refractivity contribution in [1.82, 2.24) is 10.3 Å². The largest absolute Gasteiger partial charge is 0.304 e. The first-order valence-corrected chi connectivity index (χ1v) is 6.60. The van der Waals surface area contributed by atoms with Crippen LogP contribution in [-0.4, -0.2) is 4.98 Å². The van der Waals surface area contributed by atoms with E-state index in [0.717, 1.165) is 24.2 Å². The Hall–Kier alpha value is -1.74. The molecule has 0 aliphatic carbocycles. The average Bonchev–Trinajstić information content (AvgIpc) is 2.43. The zero-order valence-electron chi connectivity index (χ0n) is 11.4. The molecule has 2 nitrogen and oxygen atoms in total. The van der Waals surface area contributed by atoms with Crippen LogP contribution in [0.5, 0.6) is 0 Å². The van der Waals surface area contributed by atoms with Crippen LogP contribution < -0.4 is 5.32 Å². The molecule has 0 aliphatic rings. The van der Waals surface area contributed by atoms with E-state index in [1.165, 1.54) is 17.7 Å². The van der Waals surface area contributed by atoms with Gasteiger partial charge in [0.15, 0.2) is 0 Å². The van der Waals surface area contributed by atoms with E-state index in [9.17, 15) is 4.39 Å². The number of halogens is 1. The van der Waals surface area contributed by atoms with E-state index in [1.54, 1.807) is 0 Å². The topological polar surface area (TPSA) is 24.9 Å². The molecule has 2 aromatic rings. The predicted octanol–water partition coefficient (Wildman–Crippen LogP) is 3.77. The lowest BCUT2D eigenvalue weighted by atomic mass is 10.0. The maximum absolute atomic E-state index is 12.9. The molecule has 0 radical (unpaired) electrons. The molecular weight excluding hydrogens is 239 g/mol. The Kier molecular flexibility index (Phi) is 4.63. The lowest BCUT2D eigenvalue weighted by Crippen LogP contribution is -2.21. The van der Waals surface area contributed by atoms with Crippen molar-refractivity contribution >= 4 is 0 Å². The summed E-state index contributed by atoms with van der Waals surface area (Å²) in [5, 5.41) is 3.48. The van der Waals surface area contributed by atoms with Gasteiger partial charge in [-0.1, -0.05) is 25.1 Å². The minimum absolute atomic E-state index is 0.195. The van der Waals surface area contributed by atoms with Crippen LogP contribution in [-0.2, 0) is 6.54 Å². The third kappa shape index (κ3) is 3.61. The molecule has 3 heteroatoms. The van der Waals surface area contributed by atoms with Crippen LogP contribution in [0.1, 0.15) is 36.2 Å². The molecule has 0 fully saturated rings. The summed E-state index contributed by atoms with van der Waals surface area (Å²) in [6.45, 7) is 4.90. The molecule has 0 spiro atoms. The highest BCUT2D eigenvalue weighted by Crippen LogP contribution is 2.17. The number of benzene rings is 1. The smallest absolute Gasteiger partial charge is 0.123 e. The first-order chi connectivity index (χ1) is 9.20. The van der Waals surface area contributed by atoms with Crippen LogP contribution >= 0.6 is 0 Å². The number of hydrogen-bond acceptors (Lipinski definition) is 2. The molecule has 19 heavy (non-hydrogen) atoms. The second kappa shape index (κ2) is 6.43. The summed E-state index contributed by atoms with van der Waals surface area (Å²) in [4.78, 5) is 4.37. The van der Waals surface area contributed by atoms with Crippen LogP contribution in [0.4, 0.5) is 4.39 Å². The van der Waals surface area contributed by atoms with Gasteiger partial charge in [0, 0.05) is 18.8 Å². The molecule has 100 valence electrons. The zero-order valence-corrected chi connectivity index (χ0v) is 11.4. The number of aromatic nitrogens is 1. The Balaban J connectivity index is 2.04. The van der Waals surface area contributed by atoms with Gasteiger partial charge in [0.25, 0.3) is 0 Å². The van der Waals surface area contributed by atoms with Gasteiger partial charge >= 0.3 is 0 Å². The highest BCUT2D eigenvalue weighted by Gasteiger charge is 2.09. The Labute approximate surface area is 113 Å². The van der Waals surface area contributed by atoms with E-state index in [2.05, 4.69) is 30.2 Å². The Morgan fingerprint density at radius 1 is 1.21 bits per heavy atom. The summed E-state index contributed by atoms with van der Waals surface area (Å²) in [7, 11) is 0. The zero-order chi connectivity index (χ0) is 13.7. The second-order valence-electron chi connectivity index (χ2n) is 4.66. The van der Waals surface area contributed by atoms with Gasteiger partial charge in [-0.05, 0) is 42.7 Å². The normalized spacial score (nSPS) is 12.4. The highest BCUT2D eigenvalue weighted by atomic mass is 19.1. The molecule has 0 amide bonds. The Bertz CT molecular complexity index is 523. The third-order valence-electron chi connectivity index (χ3n) is 3.31. The van der Waals surface area contributed by atoms with Gasteiger partial charge in [-0.25, -0.2) is 4.39 Å². The van der Waals surface area contributed by atoms with Crippen LogP contribution in [0.3, 0.4) is 0 Å². The molecule has 1 heterocycles. The molecule has 1 aromatic carbocycles. The van der Waals surface area contributed by atoms with Gasteiger partial charge in [0.05, 0.1) is 5.69 Å². The summed E-state index contributed by atoms with van der Waals surface area (Å²) in [5.41, 5.74) is 3.35. The first kappa shape index (κ1) is 13.7. The number of rotatable bonds is 5. The average molecular weight is 258 g/mol. The molecule has 2 rings (SSSR count). The van der Waals surface area contributed by atoms with E-state index in [4.69, 9.17) is 0 Å². The van der Waals surface area contributed by atoms with E-state index in [1.807, 2.05) is 24.4 Å². The van der Waals surface area contributed by atoms with E-state index < -0.39 is 0 Å². The van der Waals surface area contributed by atoms with Crippen LogP contribution in [0, 0.1) is 12.7 Å². The standard InChI is InChI=1S/C16H19FN2/c1-3-15(13-6-8-14(17)9-7-13)19-11-16-12(2)5-4-10-18-16/h4-10,15,19H,3,11H2,1-2H3. The monoisotopic (exact) mass is 258 g/mol. The van der Waals surface area contributed by atoms with Gasteiger partial charge in [-0.2, -0.15) is 0 Å². The van der Waals surface area contributed by atoms with Crippen molar-refractivity contribution in [3.05, 3.63) is 65.2 Å². The van der Waals surface area contributed by atoms with Crippen molar-refractivity contribution in [3.63, 3.8) is 0 Å². The molecule has 1 atom stereocenters. The first-order valence-electron chi connectivity index (χ1n) is 6.60. The molecular formula is C16H19FN2. The minimum Gasteiger partial charge on any atom is -0.304 e. The van der Waals surface area contributed by atoms with Crippen LogP contribution in [0.15, 0.2) is 42.6 Å². The van der Waals surface area contributed by atoms with Crippen molar-refractivity contribution < 1.29 is 4.39 Å². The summed E-state index contributed by atoms with van der Waals surface area (Å²) < 4.78 is 12.9. The lowest BCUT2D eigenvalue weighted by Gasteiger charge is -2.17. The Morgan fingerprint density at radius 3 is 2.58 bits per heavy atom. The number of nitrogens with zero attached hydrogens (tertiary/aromatic N) is 1. The Morgan fingerprint density at radius 2 is 1.95 bits per heavy atom. The van der Waals surface area contributed by atoms with Crippen LogP contribution in [0.25, 0.3) is 0 Å². The SMILES string of the molecule is CCC(NCc1ncccc1C)c1ccc(F)cc1. The van der Waals surface area contributed by atoms with Gasteiger partial charge < -0.3 is 5.32 Å². The van der Waals surface area contributed by atoms with Crippen molar-refractivity contribution in [2.45, 2.75) is 32.9 Å². The van der Waals surface area contributed by atoms with E-state index in [0.29, 0.717) is 0 Å². The molecule has 0 saturated heterocycles. The molecule has 1 unspecified atom stereocenters. The predicted molar refractivity (Wildman–Crippen MR) is 75.2 cm³/mol. The maximum atomic E-state index is 12.9. The molecule has 0 aliphatic heterocycles.